The predicted octanol–water partition coefficient (Wildman–Crippen LogP) is 3.85. The van der Waals surface area contributed by atoms with Crippen molar-refractivity contribution in [2.24, 2.45) is 5.41 Å². The number of fused-ring (bicyclic) bond motifs is 1. The molecule has 0 aromatic carbocycles. The van der Waals surface area contributed by atoms with Gasteiger partial charge in [-0.2, -0.15) is 13.2 Å². The Balaban J connectivity index is 2.08. The molecular formula is C14H21F3N2OS. The average Bonchev–Trinajstić information content (AvgIpc) is 2.68. The lowest BCUT2D eigenvalue weighted by molar-refractivity contribution is -0.176. The van der Waals surface area contributed by atoms with Crippen LogP contribution in [-0.2, 0) is 17.8 Å². The molecule has 0 fully saturated rings. The fourth-order valence-corrected chi connectivity index (χ4v) is 3.81. The Morgan fingerprint density at radius 3 is 2.76 bits per heavy atom. The highest BCUT2D eigenvalue weighted by atomic mass is 32.1. The normalized spacial score (nSPS) is 21.3. The molecule has 0 amide bonds. The van der Waals surface area contributed by atoms with Crippen molar-refractivity contribution in [3.8, 4) is 0 Å². The smallest absolute Gasteiger partial charge is 0.365 e. The molecule has 0 spiro atoms. The van der Waals surface area contributed by atoms with Crippen LogP contribution in [0.5, 0.6) is 0 Å². The van der Waals surface area contributed by atoms with E-state index in [4.69, 9.17) is 4.74 Å². The van der Waals surface area contributed by atoms with Crippen LogP contribution >= 0.6 is 11.3 Å². The van der Waals surface area contributed by atoms with Gasteiger partial charge in [-0.3, -0.25) is 0 Å². The van der Waals surface area contributed by atoms with Gasteiger partial charge in [0.05, 0.1) is 12.3 Å². The van der Waals surface area contributed by atoms with Gasteiger partial charge in [0.2, 0.25) is 0 Å². The molecule has 1 unspecified atom stereocenters. The highest BCUT2D eigenvalue weighted by Gasteiger charge is 2.35. The number of hydrogen-bond acceptors (Lipinski definition) is 4. The Morgan fingerprint density at radius 2 is 2.14 bits per heavy atom. The first-order valence-electron chi connectivity index (χ1n) is 7.06. The number of hydrogen-bond donors (Lipinski definition) is 1. The lowest BCUT2D eigenvalue weighted by Gasteiger charge is -2.34. The molecule has 21 heavy (non-hydrogen) atoms. The van der Waals surface area contributed by atoms with Crippen LogP contribution < -0.4 is 5.32 Å². The van der Waals surface area contributed by atoms with Crippen LogP contribution in [0, 0.1) is 5.41 Å². The van der Waals surface area contributed by atoms with Gasteiger partial charge in [0.1, 0.15) is 11.6 Å². The molecule has 1 atom stereocenters. The number of thiazole rings is 1. The van der Waals surface area contributed by atoms with Crippen LogP contribution in [0.4, 0.5) is 13.2 Å². The predicted molar refractivity (Wildman–Crippen MR) is 76.3 cm³/mol. The molecule has 0 bridgehead atoms. The number of halogens is 3. The molecule has 0 radical (unpaired) electrons. The zero-order valence-electron chi connectivity index (χ0n) is 12.5. The standard InChI is InChI=1S/C14H21F3N2OS/c1-4-18-9-5-13(2,3)6-10-12(9)21-11(19-10)7-20-8-14(15,16)17/h9,18H,4-8H2,1-3H3. The Bertz CT molecular complexity index is 485. The largest absolute Gasteiger partial charge is 0.411 e. The van der Waals surface area contributed by atoms with E-state index in [1.54, 1.807) is 0 Å². The van der Waals surface area contributed by atoms with E-state index in [1.807, 2.05) is 0 Å². The summed E-state index contributed by atoms with van der Waals surface area (Å²) in [7, 11) is 0. The first-order valence-corrected chi connectivity index (χ1v) is 7.88. The summed E-state index contributed by atoms with van der Waals surface area (Å²) in [4.78, 5) is 5.64. The van der Waals surface area contributed by atoms with Crippen molar-refractivity contribution >= 4 is 11.3 Å². The molecule has 3 nitrogen and oxygen atoms in total. The zero-order chi connectivity index (χ0) is 15.7. The third-order valence-electron chi connectivity index (χ3n) is 3.43. The molecule has 0 saturated carbocycles. The van der Waals surface area contributed by atoms with E-state index < -0.39 is 12.8 Å². The summed E-state index contributed by atoms with van der Waals surface area (Å²) in [5.74, 6) is 0. The molecule has 1 aliphatic carbocycles. The number of nitrogens with one attached hydrogen (secondary N) is 1. The highest BCUT2D eigenvalue weighted by Crippen LogP contribution is 2.43. The molecule has 0 saturated heterocycles. The molecule has 1 aliphatic rings. The van der Waals surface area contributed by atoms with Crippen molar-refractivity contribution in [1.82, 2.24) is 10.3 Å². The topological polar surface area (TPSA) is 34.2 Å². The van der Waals surface area contributed by atoms with Crippen LogP contribution in [0.25, 0.3) is 0 Å². The van der Waals surface area contributed by atoms with Crippen LogP contribution in [-0.4, -0.2) is 24.3 Å². The van der Waals surface area contributed by atoms with Crippen molar-refractivity contribution < 1.29 is 17.9 Å². The molecule has 7 heteroatoms. The van der Waals surface area contributed by atoms with Gasteiger partial charge in [0, 0.05) is 10.9 Å². The fraction of sp³-hybridized carbons (Fsp3) is 0.786. The number of ether oxygens (including phenoxy) is 1. The van der Waals surface area contributed by atoms with Gasteiger partial charge < -0.3 is 10.1 Å². The molecule has 0 aliphatic heterocycles. The van der Waals surface area contributed by atoms with Crippen LogP contribution in [0.3, 0.4) is 0 Å². The van der Waals surface area contributed by atoms with E-state index in [9.17, 15) is 13.2 Å². The van der Waals surface area contributed by atoms with Crippen LogP contribution in [0.2, 0.25) is 0 Å². The number of rotatable bonds is 5. The van der Waals surface area contributed by atoms with Crippen molar-refractivity contribution in [3.05, 3.63) is 15.6 Å². The van der Waals surface area contributed by atoms with Gasteiger partial charge in [-0.25, -0.2) is 4.98 Å². The third kappa shape index (κ3) is 4.66. The molecule has 120 valence electrons. The lowest BCUT2D eigenvalue weighted by Crippen LogP contribution is -2.32. The van der Waals surface area contributed by atoms with Crippen molar-refractivity contribution in [2.45, 2.75) is 52.4 Å². The van der Waals surface area contributed by atoms with E-state index in [0.717, 1.165) is 30.0 Å². The first kappa shape index (κ1) is 16.7. The second kappa shape index (κ2) is 6.22. The minimum Gasteiger partial charge on any atom is -0.365 e. The van der Waals surface area contributed by atoms with Crippen LogP contribution in [0.1, 0.15) is 48.8 Å². The summed E-state index contributed by atoms with van der Waals surface area (Å²) in [6.07, 6.45) is -2.41. The number of nitrogens with zero attached hydrogens (tertiary/aromatic N) is 1. The summed E-state index contributed by atoms with van der Waals surface area (Å²) >= 11 is 1.47. The Labute approximate surface area is 126 Å². The minimum absolute atomic E-state index is 0.0730. The maximum Gasteiger partial charge on any atom is 0.411 e. The van der Waals surface area contributed by atoms with Gasteiger partial charge >= 0.3 is 6.18 Å². The molecule has 1 aromatic heterocycles. The third-order valence-corrected chi connectivity index (χ3v) is 4.62. The van der Waals surface area contributed by atoms with Gasteiger partial charge in [0.25, 0.3) is 0 Å². The summed E-state index contributed by atoms with van der Waals surface area (Å²) in [5, 5.41) is 4.07. The summed E-state index contributed by atoms with van der Waals surface area (Å²) in [5.41, 5.74) is 1.16. The molecule has 1 aromatic rings. The van der Waals surface area contributed by atoms with Gasteiger partial charge in [-0.1, -0.05) is 20.8 Å². The van der Waals surface area contributed by atoms with E-state index >= 15 is 0 Å². The lowest BCUT2D eigenvalue weighted by atomic mass is 9.76. The second-order valence-electron chi connectivity index (χ2n) is 6.18. The molecule has 1 N–H and O–H groups in total. The van der Waals surface area contributed by atoms with E-state index in [0.29, 0.717) is 5.01 Å². The quantitative estimate of drug-likeness (QED) is 0.894. The maximum atomic E-state index is 12.1. The fourth-order valence-electron chi connectivity index (χ4n) is 2.71. The minimum atomic E-state index is -4.29. The van der Waals surface area contributed by atoms with Gasteiger partial charge in [-0.15, -0.1) is 11.3 Å². The van der Waals surface area contributed by atoms with Crippen molar-refractivity contribution in [1.29, 1.82) is 0 Å². The van der Waals surface area contributed by atoms with E-state index in [1.165, 1.54) is 11.3 Å². The monoisotopic (exact) mass is 322 g/mol. The molecular weight excluding hydrogens is 301 g/mol. The zero-order valence-corrected chi connectivity index (χ0v) is 13.3. The number of alkyl halides is 3. The van der Waals surface area contributed by atoms with Crippen molar-refractivity contribution in [2.75, 3.05) is 13.2 Å². The van der Waals surface area contributed by atoms with Crippen LogP contribution in [0.15, 0.2) is 0 Å². The summed E-state index contributed by atoms with van der Waals surface area (Å²) in [6.45, 7) is 6.00. The molecule has 2 rings (SSSR count). The van der Waals surface area contributed by atoms with Crippen molar-refractivity contribution in [3.63, 3.8) is 0 Å². The first-order chi connectivity index (χ1) is 9.70. The Morgan fingerprint density at radius 1 is 1.43 bits per heavy atom. The van der Waals surface area contributed by atoms with E-state index in [2.05, 4.69) is 31.1 Å². The Hall–Kier alpha value is -0.660. The maximum absolute atomic E-state index is 12.1. The average molecular weight is 322 g/mol. The highest BCUT2D eigenvalue weighted by molar-refractivity contribution is 7.11. The SMILES string of the molecule is CCNC1CC(C)(C)Cc2nc(COCC(F)(F)F)sc21. The van der Waals surface area contributed by atoms with Gasteiger partial charge in [-0.05, 0) is 24.8 Å². The van der Waals surface area contributed by atoms with E-state index in [-0.39, 0.29) is 18.1 Å². The Kier molecular flexibility index (Phi) is 4.95. The molecule has 1 heterocycles. The summed E-state index contributed by atoms with van der Waals surface area (Å²) < 4.78 is 41.0. The summed E-state index contributed by atoms with van der Waals surface area (Å²) in [6, 6.07) is 0.239. The number of aromatic nitrogens is 1. The van der Waals surface area contributed by atoms with Gasteiger partial charge in [0.15, 0.2) is 0 Å². The second-order valence-corrected chi connectivity index (χ2v) is 7.30.